The van der Waals surface area contributed by atoms with Crippen molar-refractivity contribution in [1.29, 1.82) is 0 Å². The molecule has 0 unspecified atom stereocenters. The Labute approximate surface area is 94.9 Å². The van der Waals surface area contributed by atoms with Gasteiger partial charge in [0.25, 0.3) is 0 Å². The van der Waals surface area contributed by atoms with Gasteiger partial charge in [-0.15, -0.1) is 11.3 Å². The lowest BCUT2D eigenvalue weighted by molar-refractivity contribution is -0.118. The topological polar surface area (TPSA) is 41.1 Å². The van der Waals surface area contributed by atoms with Gasteiger partial charge in [0.1, 0.15) is 0 Å². The zero-order valence-corrected chi connectivity index (χ0v) is 10.1. The minimum atomic E-state index is 0.0289. The molecule has 3 nitrogen and oxygen atoms in total. The molecule has 0 aliphatic heterocycles. The summed E-state index contributed by atoms with van der Waals surface area (Å²) in [6.07, 6.45) is 1.11. The smallest absolute Gasteiger partial charge is 0.216 e. The number of rotatable bonds is 6. The third-order valence-corrected chi connectivity index (χ3v) is 3.27. The summed E-state index contributed by atoms with van der Waals surface area (Å²) >= 11 is 1.85. The lowest BCUT2D eigenvalue weighted by Gasteiger charge is -2.03. The van der Waals surface area contributed by atoms with Gasteiger partial charge in [-0.05, 0) is 18.6 Å². The van der Waals surface area contributed by atoms with Crippen LogP contribution in [0.3, 0.4) is 0 Å². The molecule has 1 aromatic rings. The third kappa shape index (κ3) is 4.95. The van der Waals surface area contributed by atoms with Crippen molar-refractivity contribution in [2.45, 2.75) is 26.8 Å². The molecule has 4 heteroatoms. The highest BCUT2D eigenvalue weighted by molar-refractivity contribution is 7.11. The maximum Gasteiger partial charge on any atom is 0.216 e. The number of nitrogens with one attached hydrogen (secondary N) is 2. The van der Waals surface area contributed by atoms with Gasteiger partial charge in [0.05, 0.1) is 0 Å². The van der Waals surface area contributed by atoms with Gasteiger partial charge in [-0.2, -0.15) is 0 Å². The first-order valence-corrected chi connectivity index (χ1v) is 6.06. The molecule has 0 aliphatic carbocycles. The van der Waals surface area contributed by atoms with Crippen molar-refractivity contribution < 1.29 is 4.79 Å². The number of thiophene rings is 1. The first-order valence-electron chi connectivity index (χ1n) is 5.25. The summed E-state index contributed by atoms with van der Waals surface area (Å²) < 4.78 is 0. The molecule has 0 fully saturated rings. The van der Waals surface area contributed by atoms with Gasteiger partial charge in [0, 0.05) is 36.3 Å². The number of carbonyl (C=O) groups is 1. The van der Waals surface area contributed by atoms with Crippen LogP contribution in [0.1, 0.15) is 23.6 Å². The molecule has 1 amide bonds. The average molecular weight is 226 g/mol. The fourth-order valence-electron chi connectivity index (χ4n) is 1.25. The van der Waals surface area contributed by atoms with Gasteiger partial charge in [0.2, 0.25) is 5.91 Å². The first-order chi connectivity index (χ1) is 7.22. The van der Waals surface area contributed by atoms with Crippen LogP contribution in [0, 0.1) is 0 Å². The summed E-state index contributed by atoms with van der Waals surface area (Å²) in [7, 11) is 0. The maximum atomic E-state index is 10.6. The Balaban J connectivity index is 2.12. The minimum Gasteiger partial charge on any atom is -0.355 e. The van der Waals surface area contributed by atoms with Gasteiger partial charge >= 0.3 is 0 Å². The molecule has 1 rings (SSSR count). The van der Waals surface area contributed by atoms with Crippen molar-refractivity contribution in [3.63, 3.8) is 0 Å². The molecule has 1 aromatic heterocycles. The normalized spacial score (nSPS) is 10.3. The van der Waals surface area contributed by atoms with Gasteiger partial charge < -0.3 is 10.6 Å². The molecule has 0 saturated carbocycles. The number of aryl methyl sites for hydroxylation is 1. The third-order valence-electron chi connectivity index (χ3n) is 2.04. The largest absolute Gasteiger partial charge is 0.355 e. The number of hydrogen-bond acceptors (Lipinski definition) is 3. The Morgan fingerprint density at radius 2 is 2.07 bits per heavy atom. The van der Waals surface area contributed by atoms with Crippen LogP contribution in [0.25, 0.3) is 0 Å². The second kappa shape index (κ2) is 6.58. The van der Waals surface area contributed by atoms with Crippen molar-refractivity contribution >= 4 is 17.2 Å². The van der Waals surface area contributed by atoms with E-state index in [9.17, 15) is 4.79 Å². The van der Waals surface area contributed by atoms with E-state index in [-0.39, 0.29) is 5.91 Å². The Morgan fingerprint density at radius 3 is 2.67 bits per heavy atom. The first kappa shape index (κ1) is 12.2. The van der Waals surface area contributed by atoms with E-state index < -0.39 is 0 Å². The summed E-state index contributed by atoms with van der Waals surface area (Å²) in [5.41, 5.74) is 0. The number of hydrogen-bond donors (Lipinski definition) is 2. The molecule has 0 aromatic carbocycles. The monoisotopic (exact) mass is 226 g/mol. The Morgan fingerprint density at radius 1 is 1.33 bits per heavy atom. The van der Waals surface area contributed by atoms with Gasteiger partial charge in [-0.1, -0.05) is 6.92 Å². The van der Waals surface area contributed by atoms with Gasteiger partial charge in [-0.25, -0.2) is 0 Å². The summed E-state index contributed by atoms with van der Waals surface area (Å²) in [4.78, 5) is 13.4. The zero-order valence-electron chi connectivity index (χ0n) is 9.30. The van der Waals surface area contributed by atoms with Crippen LogP contribution >= 0.6 is 11.3 Å². The van der Waals surface area contributed by atoms with E-state index in [1.54, 1.807) is 0 Å². The highest BCUT2D eigenvalue weighted by atomic mass is 32.1. The second-order valence-electron chi connectivity index (χ2n) is 3.38. The zero-order chi connectivity index (χ0) is 11.1. The number of carbonyl (C=O) groups excluding carboxylic acids is 1. The molecule has 0 radical (unpaired) electrons. The van der Waals surface area contributed by atoms with E-state index >= 15 is 0 Å². The molecule has 0 bridgehead atoms. The van der Waals surface area contributed by atoms with Gasteiger partial charge in [0.15, 0.2) is 0 Å². The van der Waals surface area contributed by atoms with E-state index in [1.807, 2.05) is 11.3 Å². The second-order valence-corrected chi connectivity index (χ2v) is 4.63. The SMILES string of the molecule is CCc1ccc(CNCCNC(C)=O)s1. The van der Waals surface area contributed by atoms with Crippen molar-refractivity contribution in [3.05, 3.63) is 21.9 Å². The van der Waals surface area contributed by atoms with Crippen molar-refractivity contribution in [1.82, 2.24) is 10.6 Å². The Bertz CT molecular complexity index is 309. The lowest BCUT2D eigenvalue weighted by Crippen LogP contribution is -2.29. The summed E-state index contributed by atoms with van der Waals surface area (Å²) in [5, 5.41) is 6.04. The molecule has 0 saturated heterocycles. The van der Waals surface area contributed by atoms with Crippen molar-refractivity contribution in [3.8, 4) is 0 Å². The van der Waals surface area contributed by atoms with Crippen LogP contribution in [-0.2, 0) is 17.8 Å². The van der Waals surface area contributed by atoms with Crippen LogP contribution in [0.4, 0.5) is 0 Å². The van der Waals surface area contributed by atoms with Crippen LogP contribution in [0.5, 0.6) is 0 Å². The van der Waals surface area contributed by atoms with E-state index in [2.05, 4.69) is 29.7 Å². The fraction of sp³-hybridized carbons (Fsp3) is 0.545. The van der Waals surface area contributed by atoms with Crippen LogP contribution in [0.15, 0.2) is 12.1 Å². The lowest BCUT2D eigenvalue weighted by atomic mass is 10.3. The van der Waals surface area contributed by atoms with Crippen LogP contribution in [-0.4, -0.2) is 19.0 Å². The molecule has 2 N–H and O–H groups in total. The van der Waals surface area contributed by atoms with E-state index in [0.29, 0.717) is 6.54 Å². The fourth-order valence-corrected chi connectivity index (χ4v) is 2.17. The predicted molar refractivity (Wildman–Crippen MR) is 64.1 cm³/mol. The van der Waals surface area contributed by atoms with Crippen LogP contribution < -0.4 is 10.6 Å². The Kier molecular flexibility index (Phi) is 5.36. The summed E-state index contributed by atoms with van der Waals surface area (Å²) in [6.45, 7) is 6.11. The highest BCUT2D eigenvalue weighted by Gasteiger charge is 1.97. The van der Waals surface area contributed by atoms with E-state index in [1.165, 1.54) is 16.7 Å². The standard InChI is InChI=1S/C11H18N2OS/c1-3-10-4-5-11(15-10)8-12-6-7-13-9(2)14/h4-5,12H,3,6-8H2,1-2H3,(H,13,14). The molecule has 0 spiro atoms. The van der Waals surface area contributed by atoms with Gasteiger partial charge in [-0.3, -0.25) is 4.79 Å². The van der Waals surface area contributed by atoms with E-state index in [4.69, 9.17) is 0 Å². The average Bonchev–Trinajstić information content (AvgIpc) is 2.65. The predicted octanol–water partition coefficient (Wildman–Crippen LogP) is 1.54. The molecule has 84 valence electrons. The maximum absolute atomic E-state index is 10.6. The summed E-state index contributed by atoms with van der Waals surface area (Å²) in [5.74, 6) is 0.0289. The van der Waals surface area contributed by atoms with Crippen LogP contribution in [0.2, 0.25) is 0 Å². The minimum absolute atomic E-state index is 0.0289. The Hall–Kier alpha value is -0.870. The van der Waals surface area contributed by atoms with E-state index in [0.717, 1.165) is 19.5 Å². The molecule has 0 atom stereocenters. The molecular weight excluding hydrogens is 208 g/mol. The molecule has 1 heterocycles. The van der Waals surface area contributed by atoms with Crippen molar-refractivity contribution in [2.75, 3.05) is 13.1 Å². The number of amides is 1. The quantitative estimate of drug-likeness (QED) is 0.722. The van der Waals surface area contributed by atoms with Crippen molar-refractivity contribution in [2.24, 2.45) is 0 Å². The molecule has 15 heavy (non-hydrogen) atoms. The summed E-state index contributed by atoms with van der Waals surface area (Å²) in [6, 6.07) is 4.34. The highest BCUT2D eigenvalue weighted by Crippen LogP contribution is 2.16. The molecular formula is C11H18N2OS. The molecule has 0 aliphatic rings.